The number of terminal acetylenes is 1. The first-order valence-corrected chi connectivity index (χ1v) is 13.7. The molecule has 2 N–H and O–H groups in total. The fourth-order valence-electron chi connectivity index (χ4n) is 4.12. The lowest BCUT2D eigenvalue weighted by Crippen LogP contribution is -2.67. The predicted molar refractivity (Wildman–Crippen MR) is 149 cm³/mol. The van der Waals surface area contributed by atoms with E-state index in [1.54, 1.807) is 27.7 Å². The number of carbonyl (C=O) groups is 7. The SMILES string of the molecule is C#CCN(C(=O)NC(C)(C)C)C(CC(=O)OCC)C(=O)N[C@@H]1O[C@H](COC(C)=O)[C@@H](OC(C)=O)[C@H](OC(C)=O)[C@H]1OC(C)=O. The highest BCUT2D eigenvalue weighted by atomic mass is 16.7. The van der Waals surface area contributed by atoms with Crippen molar-refractivity contribution in [3.05, 3.63) is 0 Å². The maximum atomic E-state index is 13.8. The van der Waals surface area contributed by atoms with Crippen LogP contribution in [0.2, 0.25) is 0 Å². The summed E-state index contributed by atoms with van der Waals surface area (Å²) in [6.45, 7) is 9.91. The van der Waals surface area contributed by atoms with Crippen molar-refractivity contribution < 1.29 is 62.0 Å². The van der Waals surface area contributed by atoms with E-state index >= 15 is 0 Å². The molecule has 0 saturated carbocycles. The van der Waals surface area contributed by atoms with Crippen LogP contribution in [0, 0.1) is 12.3 Å². The van der Waals surface area contributed by atoms with E-state index in [-0.39, 0.29) is 6.61 Å². The molecule has 1 aliphatic rings. The van der Waals surface area contributed by atoms with Crippen LogP contribution in [0.25, 0.3) is 0 Å². The molecule has 246 valence electrons. The summed E-state index contributed by atoms with van der Waals surface area (Å²) in [4.78, 5) is 88.2. The minimum absolute atomic E-state index is 0.0177. The van der Waals surface area contributed by atoms with Crippen molar-refractivity contribution in [3.63, 3.8) is 0 Å². The maximum Gasteiger partial charge on any atom is 0.319 e. The second-order valence-corrected chi connectivity index (χ2v) is 10.7. The van der Waals surface area contributed by atoms with Crippen molar-refractivity contribution in [2.24, 2.45) is 0 Å². The third kappa shape index (κ3) is 12.5. The molecule has 0 aliphatic carbocycles. The number of esters is 5. The van der Waals surface area contributed by atoms with Crippen molar-refractivity contribution in [2.75, 3.05) is 19.8 Å². The second-order valence-electron chi connectivity index (χ2n) is 10.7. The van der Waals surface area contributed by atoms with Gasteiger partial charge in [0.2, 0.25) is 5.91 Å². The molecular weight excluding hydrogens is 586 g/mol. The van der Waals surface area contributed by atoms with Crippen LogP contribution in [-0.4, -0.2) is 109 Å². The Morgan fingerprint density at radius 3 is 1.89 bits per heavy atom. The van der Waals surface area contributed by atoms with Crippen molar-refractivity contribution in [1.82, 2.24) is 15.5 Å². The highest BCUT2D eigenvalue weighted by molar-refractivity contribution is 5.91. The van der Waals surface area contributed by atoms with Gasteiger partial charge in [-0.15, -0.1) is 6.42 Å². The molecule has 44 heavy (non-hydrogen) atoms. The van der Waals surface area contributed by atoms with Crippen molar-refractivity contribution in [1.29, 1.82) is 0 Å². The summed E-state index contributed by atoms with van der Waals surface area (Å²) >= 11 is 0. The van der Waals surface area contributed by atoms with Crippen LogP contribution in [0.5, 0.6) is 0 Å². The number of nitrogens with zero attached hydrogens (tertiary/aromatic N) is 1. The molecule has 1 heterocycles. The average molecular weight is 628 g/mol. The topological polar surface area (TPSA) is 202 Å². The third-order valence-corrected chi connectivity index (χ3v) is 5.62. The normalized spacial score (nSPS) is 21.8. The van der Waals surface area contributed by atoms with E-state index in [0.29, 0.717) is 0 Å². The van der Waals surface area contributed by atoms with E-state index in [1.165, 1.54) is 0 Å². The molecule has 0 aromatic carbocycles. The largest absolute Gasteiger partial charge is 0.466 e. The summed E-state index contributed by atoms with van der Waals surface area (Å²) in [5.41, 5.74) is -0.755. The number of ether oxygens (including phenoxy) is 6. The number of rotatable bonds is 12. The van der Waals surface area contributed by atoms with Crippen LogP contribution in [0.15, 0.2) is 0 Å². The van der Waals surface area contributed by atoms with Crippen LogP contribution >= 0.6 is 0 Å². The van der Waals surface area contributed by atoms with Gasteiger partial charge in [-0.2, -0.15) is 0 Å². The van der Waals surface area contributed by atoms with Gasteiger partial charge in [0.25, 0.3) is 0 Å². The molecule has 1 unspecified atom stereocenters. The predicted octanol–water partition coefficient (Wildman–Crippen LogP) is -0.0492. The third-order valence-electron chi connectivity index (χ3n) is 5.62. The molecule has 0 radical (unpaired) electrons. The molecule has 1 aliphatic heterocycles. The molecule has 0 aromatic rings. The maximum absolute atomic E-state index is 13.8. The molecule has 0 bridgehead atoms. The molecule has 1 fully saturated rings. The average Bonchev–Trinajstić information content (AvgIpc) is 2.86. The second kappa shape index (κ2) is 17.0. The lowest BCUT2D eigenvalue weighted by molar-refractivity contribution is -0.257. The Labute approximate surface area is 255 Å². The number of amides is 3. The fourth-order valence-corrected chi connectivity index (χ4v) is 4.12. The summed E-state index contributed by atoms with van der Waals surface area (Å²) in [5, 5.41) is 5.14. The van der Waals surface area contributed by atoms with Crippen molar-refractivity contribution >= 4 is 41.8 Å². The summed E-state index contributed by atoms with van der Waals surface area (Å²) in [6.07, 6.45) is -2.79. The van der Waals surface area contributed by atoms with Crippen LogP contribution in [-0.2, 0) is 57.2 Å². The Hall–Kier alpha value is -4.39. The van der Waals surface area contributed by atoms with Gasteiger partial charge < -0.3 is 44.0 Å². The molecular formula is C28H41N3O13. The number of nitrogens with one attached hydrogen (secondary N) is 2. The first-order chi connectivity index (χ1) is 20.4. The Balaban J connectivity index is 3.65. The zero-order valence-corrected chi connectivity index (χ0v) is 26.1. The molecule has 0 aromatic heterocycles. The first-order valence-electron chi connectivity index (χ1n) is 13.7. The number of urea groups is 1. The van der Waals surface area contributed by atoms with Gasteiger partial charge in [0.15, 0.2) is 24.5 Å². The van der Waals surface area contributed by atoms with Gasteiger partial charge in [0.1, 0.15) is 18.8 Å². The minimum atomic E-state index is -1.65. The molecule has 6 atom stereocenters. The Morgan fingerprint density at radius 2 is 1.41 bits per heavy atom. The van der Waals surface area contributed by atoms with Crippen LogP contribution in [0.3, 0.4) is 0 Å². The summed E-state index contributed by atoms with van der Waals surface area (Å²) in [7, 11) is 0. The van der Waals surface area contributed by atoms with Crippen LogP contribution < -0.4 is 10.6 Å². The van der Waals surface area contributed by atoms with E-state index in [9.17, 15) is 33.6 Å². The van der Waals surface area contributed by atoms with Gasteiger partial charge in [-0.3, -0.25) is 28.8 Å². The molecule has 0 spiro atoms. The van der Waals surface area contributed by atoms with Gasteiger partial charge >= 0.3 is 35.9 Å². The monoisotopic (exact) mass is 627 g/mol. The Bertz CT molecular complexity index is 1130. The van der Waals surface area contributed by atoms with E-state index in [4.69, 9.17) is 34.8 Å². The molecule has 16 nitrogen and oxygen atoms in total. The van der Waals surface area contributed by atoms with Gasteiger partial charge in [-0.1, -0.05) is 5.92 Å². The fraction of sp³-hybridized carbons (Fsp3) is 0.679. The van der Waals surface area contributed by atoms with Crippen LogP contribution in [0.4, 0.5) is 4.79 Å². The molecule has 3 amide bonds. The van der Waals surface area contributed by atoms with Gasteiger partial charge in [-0.25, -0.2) is 4.79 Å². The van der Waals surface area contributed by atoms with E-state index in [0.717, 1.165) is 32.6 Å². The number of carbonyl (C=O) groups excluding carboxylic acids is 7. The van der Waals surface area contributed by atoms with Gasteiger partial charge in [0, 0.05) is 33.2 Å². The van der Waals surface area contributed by atoms with Crippen LogP contribution in [0.1, 0.15) is 61.8 Å². The zero-order valence-electron chi connectivity index (χ0n) is 26.1. The standard InChI is InChI=1S/C28H41N3O13/c1-10-12-31(27(38)30-28(7,8)9)19(13-21(36)39-11-2)25(37)29-26-24(43-18(6)35)23(42-17(5)34)22(41-16(4)33)20(44-26)14-40-15(3)32/h1,19-20,22-24,26H,11-14H2,2-9H3,(H,29,37)(H,30,38)/t19?,20-,22-,23+,24-,26-/m1/s1. The smallest absolute Gasteiger partial charge is 0.319 e. The highest BCUT2D eigenvalue weighted by Crippen LogP contribution is 2.29. The van der Waals surface area contributed by atoms with Gasteiger partial charge in [0.05, 0.1) is 19.6 Å². The summed E-state index contributed by atoms with van der Waals surface area (Å²) in [6, 6.07) is -2.35. The molecule has 1 saturated heterocycles. The van der Waals surface area contributed by atoms with Crippen molar-refractivity contribution in [2.45, 2.75) is 104 Å². The number of hydrogen-bond donors (Lipinski definition) is 2. The van der Waals surface area contributed by atoms with Crippen molar-refractivity contribution in [3.8, 4) is 12.3 Å². The molecule has 1 rings (SSSR count). The lowest BCUT2D eigenvalue weighted by Gasteiger charge is -2.44. The quantitative estimate of drug-likeness (QED) is 0.166. The summed E-state index contributed by atoms with van der Waals surface area (Å²) in [5.74, 6) is -2.89. The zero-order chi connectivity index (χ0) is 33.8. The Kier molecular flexibility index (Phi) is 14.6. The van der Waals surface area contributed by atoms with E-state index < -0.39 is 104 Å². The number of hydrogen-bond acceptors (Lipinski definition) is 13. The Morgan fingerprint density at radius 1 is 0.864 bits per heavy atom. The lowest BCUT2D eigenvalue weighted by atomic mass is 9.96. The van der Waals surface area contributed by atoms with Gasteiger partial charge in [-0.05, 0) is 27.7 Å². The highest BCUT2D eigenvalue weighted by Gasteiger charge is 2.53. The van der Waals surface area contributed by atoms with E-state index in [2.05, 4.69) is 16.6 Å². The molecule has 16 heteroatoms. The summed E-state index contributed by atoms with van der Waals surface area (Å²) < 4.78 is 31.9. The first kappa shape index (κ1) is 37.6. The van der Waals surface area contributed by atoms with E-state index in [1.807, 2.05) is 0 Å². The minimum Gasteiger partial charge on any atom is -0.466 e.